The topological polar surface area (TPSA) is 72.9 Å². The molecule has 0 radical (unpaired) electrons. The van der Waals surface area contributed by atoms with Gasteiger partial charge in [-0.15, -0.1) is 0 Å². The van der Waals surface area contributed by atoms with Crippen molar-refractivity contribution in [2.24, 2.45) is 24.6 Å². The first-order chi connectivity index (χ1) is 8.99. The largest absolute Gasteiger partial charge is 0.369 e. The maximum absolute atomic E-state index is 11.7. The number of rotatable bonds is 4. The summed E-state index contributed by atoms with van der Waals surface area (Å²) in [4.78, 5) is 16.0. The number of piperidine rings is 1. The van der Waals surface area contributed by atoms with Crippen LogP contribution in [-0.4, -0.2) is 27.5 Å². The van der Waals surface area contributed by atoms with Crippen molar-refractivity contribution < 1.29 is 4.79 Å². The van der Waals surface area contributed by atoms with Crippen molar-refractivity contribution in [1.29, 1.82) is 0 Å². The summed E-state index contributed by atoms with van der Waals surface area (Å²) in [7, 11) is 1.99. The Morgan fingerprint density at radius 3 is 2.89 bits per heavy atom. The van der Waals surface area contributed by atoms with Crippen LogP contribution in [0.25, 0.3) is 0 Å². The Labute approximate surface area is 114 Å². The lowest BCUT2D eigenvalue weighted by molar-refractivity contribution is -0.125. The highest BCUT2D eigenvalue weighted by Gasteiger charge is 2.36. The second kappa shape index (κ2) is 5.74. The van der Waals surface area contributed by atoms with E-state index in [0.29, 0.717) is 12.0 Å². The number of nitrogens with zero attached hydrogens (tertiary/aromatic N) is 2. The first-order valence-corrected chi connectivity index (χ1v) is 7.00. The van der Waals surface area contributed by atoms with Crippen LogP contribution in [0.15, 0.2) is 12.4 Å². The maximum Gasteiger partial charge on any atom is 0.222 e. The third-order valence-electron chi connectivity index (χ3n) is 4.20. The molecule has 1 aliphatic rings. The Kier molecular flexibility index (Phi) is 4.24. The first-order valence-electron chi connectivity index (χ1n) is 7.00. The van der Waals surface area contributed by atoms with E-state index in [-0.39, 0.29) is 17.9 Å². The summed E-state index contributed by atoms with van der Waals surface area (Å²) in [6, 6.07) is 0.602. The van der Waals surface area contributed by atoms with Gasteiger partial charge in [0.05, 0.1) is 5.92 Å². The van der Waals surface area contributed by atoms with Gasteiger partial charge in [-0.3, -0.25) is 4.79 Å². The van der Waals surface area contributed by atoms with Crippen molar-refractivity contribution in [3.05, 3.63) is 18.2 Å². The number of carbonyl (C=O) groups is 1. The molecule has 1 fully saturated rings. The average Bonchev–Trinajstić information content (AvgIpc) is 2.70. The second-order valence-electron chi connectivity index (χ2n) is 5.81. The number of aromatic nitrogens is 2. The van der Waals surface area contributed by atoms with E-state index in [4.69, 9.17) is 5.73 Å². The monoisotopic (exact) mass is 264 g/mol. The van der Waals surface area contributed by atoms with Crippen LogP contribution in [0.1, 0.15) is 32.5 Å². The van der Waals surface area contributed by atoms with Gasteiger partial charge in [-0.05, 0) is 25.7 Å². The molecule has 4 atom stereocenters. The Morgan fingerprint density at radius 2 is 2.32 bits per heavy atom. The molecule has 1 aliphatic heterocycles. The summed E-state index contributed by atoms with van der Waals surface area (Å²) in [6.45, 7) is 4.29. The minimum atomic E-state index is -0.184. The second-order valence-corrected chi connectivity index (χ2v) is 5.81. The molecule has 19 heavy (non-hydrogen) atoms. The van der Waals surface area contributed by atoms with Crippen molar-refractivity contribution in [2.45, 2.75) is 45.2 Å². The predicted octanol–water partition coefficient (Wildman–Crippen LogP) is 0.841. The van der Waals surface area contributed by atoms with Gasteiger partial charge < -0.3 is 15.6 Å². The molecule has 0 bridgehead atoms. The molecule has 5 nitrogen and oxygen atoms in total. The molecular formula is C14H24N4O. The molecule has 1 aromatic heterocycles. The van der Waals surface area contributed by atoms with Gasteiger partial charge in [0, 0.05) is 37.9 Å². The fraction of sp³-hybridized carbons (Fsp3) is 0.714. The van der Waals surface area contributed by atoms with Gasteiger partial charge in [-0.2, -0.15) is 0 Å². The normalized spacial score (nSPS) is 31.3. The molecule has 0 aromatic carbocycles. The maximum atomic E-state index is 11.7. The number of carbonyl (C=O) groups excluding carboxylic acids is 1. The molecule has 5 heteroatoms. The van der Waals surface area contributed by atoms with Crippen molar-refractivity contribution in [1.82, 2.24) is 14.9 Å². The van der Waals surface area contributed by atoms with E-state index in [1.54, 1.807) is 6.20 Å². The Balaban J connectivity index is 2.03. The zero-order valence-corrected chi connectivity index (χ0v) is 12.0. The summed E-state index contributed by atoms with van der Waals surface area (Å²) in [5, 5.41) is 3.52. The van der Waals surface area contributed by atoms with Gasteiger partial charge in [0.2, 0.25) is 5.91 Å². The number of nitrogens with one attached hydrogen (secondary N) is 1. The Hall–Kier alpha value is -1.36. The Morgan fingerprint density at radius 1 is 1.58 bits per heavy atom. The lowest BCUT2D eigenvalue weighted by Crippen LogP contribution is -2.54. The number of nitrogens with two attached hydrogens (primary N) is 1. The van der Waals surface area contributed by atoms with Crippen molar-refractivity contribution in [2.75, 3.05) is 0 Å². The van der Waals surface area contributed by atoms with Crippen LogP contribution in [0.2, 0.25) is 0 Å². The van der Waals surface area contributed by atoms with E-state index in [9.17, 15) is 4.79 Å². The smallest absolute Gasteiger partial charge is 0.222 e. The van der Waals surface area contributed by atoms with Crippen LogP contribution in [0.5, 0.6) is 0 Å². The molecule has 2 rings (SSSR count). The quantitative estimate of drug-likeness (QED) is 0.846. The number of hydrogen-bond donors (Lipinski definition) is 2. The predicted molar refractivity (Wildman–Crippen MR) is 74.4 cm³/mol. The van der Waals surface area contributed by atoms with Crippen molar-refractivity contribution in [3.63, 3.8) is 0 Å². The van der Waals surface area contributed by atoms with Crippen LogP contribution < -0.4 is 11.1 Å². The molecule has 2 heterocycles. The summed E-state index contributed by atoms with van der Waals surface area (Å²) < 4.78 is 2.02. The van der Waals surface area contributed by atoms with Gasteiger partial charge in [0.1, 0.15) is 5.82 Å². The van der Waals surface area contributed by atoms with Gasteiger partial charge in [0.25, 0.3) is 0 Å². The summed E-state index contributed by atoms with van der Waals surface area (Å²) in [6.07, 6.45) is 6.52. The molecule has 0 saturated carbocycles. The minimum Gasteiger partial charge on any atom is -0.369 e. The highest BCUT2D eigenvalue weighted by molar-refractivity contribution is 5.77. The average molecular weight is 264 g/mol. The summed E-state index contributed by atoms with van der Waals surface area (Å²) >= 11 is 0. The number of primary amides is 1. The van der Waals surface area contributed by atoms with Gasteiger partial charge in [-0.1, -0.05) is 6.92 Å². The molecular weight excluding hydrogens is 240 g/mol. The molecule has 0 spiro atoms. The van der Waals surface area contributed by atoms with E-state index in [0.717, 1.165) is 25.1 Å². The van der Waals surface area contributed by atoms with Crippen LogP contribution >= 0.6 is 0 Å². The fourth-order valence-electron chi connectivity index (χ4n) is 3.30. The first kappa shape index (κ1) is 14.1. The van der Waals surface area contributed by atoms with Crippen LogP contribution in [-0.2, 0) is 18.3 Å². The van der Waals surface area contributed by atoms with E-state index >= 15 is 0 Å². The highest BCUT2D eigenvalue weighted by Crippen LogP contribution is 2.28. The number of hydrogen-bond acceptors (Lipinski definition) is 3. The van der Waals surface area contributed by atoms with E-state index in [1.165, 1.54) is 0 Å². The molecule has 0 aliphatic carbocycles. The van der Waals surface area contributed by atoms with Crippen molar-refractivity contribution in [3.8, 4) is 0 Å². The molecule has 4 unspecified atom stereocenters. The number of aryl methyl sites for hydroxylation is 2. The Bertz CT molecular complexity index is 442. The number of imidazole rings is 1. The molecule has 1 saturated heterocycles. The van der Waals surface area contributed by atoms with Gasteiger partial charge in [-0.25, -0.2) is 4.98 Å². The fourth-order valence-corrected chi connectivity index (χ4v) is 3.30. The number of amides is 1. The van der Waals surface area contributed by atoms with Crippen LogP contribution in [0.3, 0.4) is 0 Å². The zero-order valence-electron chi connectivity index (χ0n) is 12.0. The molecule has 1 amide bonds. The zero-order chi connectivity index (χ0) is 14.0. The van der Waals surface area contributed by atoms with Gasteiger partial charge >= 0.3 is 0 Å². The third-order valence-corrected chi connectivity index (χ3v) is 4.20. The SMILES string of the molecule is CC1CC(C)C(C(N)=O)C(CCc2nccn2C)N1. The van der Waals surface area contributed by atoms with Crippen molar-refractivity contribution >= 4 is 5.91 Å². The molecule has 3 N–H and O–H groups in total. The third kappa shape index (κ3) is 3.15. The van der Waals surface area contributed by atoms with E-state index in [1.807, 2.05) is 17.8 Å². The molecule has 1 aromatic rings. The van der Waals surface area contributed by atoms with Gasteiger partial charge in [0.15, 0.2) is 0 Å². The minimum absolute atomic E-state index is 0.0727. The summed E-state index contributed by atoms with van der Waals surface area (Å²) in [5.41, 5.74) is 5.57. The van der Waals surface area contributed by atoms with E-state index in [2.05, 4.69) is 24.1 Å². The van der Waals surface area contributed by atoms with Crippen LogP contribution in [0, 0.1) is 11.8 Å². The van der Waals surface area contributed by atoms with E-state index < -0.39 is 0 Å². The highest BCUT2D eigenvalue weighted by atomic mass is 16.1. The standard InChI is InChI=1S/C14H24N4O/c1-9-8-10(2)17-11(13(9)14(15)19)4-5-12-16-6-7-18(12)3/h6-7,9-11,13,17H,4-5,8H2,1-3H3,(H2,15,19). The lowest BCUT2D eigenvalue weighted by atomic mass is 9.77. The molecule has 106 valence electrons. The lowest BCUT2D eigenvalue weighted by Gasteiger charge is -2.39. The summed E-state index contributed by atoms with van der Waals surface area (Å²) in [5.74, 6) is 1.14. The van der Waals surface area contributed by atoms with Crippen LogP contribution in [0.4, 0.5) is 0 Å².